The number of amides is 1. The van der Waals surface area contributed by atoms with E-state index in [0.29, 0.717) is 27.6 Å². The Labute approximate surface area is 198 Å². The fourth-order valence-corrected chi connectivity index (χ4v) is 4.53. The van der Waals surface area contributed by atoms with Crippen molar-refractivity contribution in [1.82, 2.24) is 4.98 Å². The van der Waals surface area contributed by atoms with Crippen molar-refractivity contribution in [3.05, 3.63) is 107 Å². The largest absolute Gasteiger partial charge is 0.507 e. The Bertz CT molecular complexity index is 1520. The number of rotatable bonds is 3. The molecule has 1 aliphatic heterocycles. The van der Waals surface area contributed by atoms with Gasteiger partial charge in [0.05, 0.1) is 17.2 Å². The summed E-state index contributed by atoms with van der Waals surface area (Å²) in [6, 6.07) is 17.2. The fourth-order valence-electron chi connectivity index (χ4n) is 4.53. The number of carbonyl (C=O) groups excluding carboxylic acids is 2. The van der Waals surface area contributed by atoms with Crippen LogP contribution in [0.1, 0.15) is 28.3 Å². The zero-order valence-corrected chi connectivity index (χ0v) is 18.4. The molecule has 2 N–H and O–H groups in total. The van der Waals surface area contributed by atoms with E-state index in [1.807, 2.05) is 6.07 Å². The first-order chi connectivity index (χ1) is 16.7. The number of alkyl halides is 3. The van der Waals surface area contributed by atoms with Crippen LogP contribution >= 0.6 is 0 Å². The van der Waals surface area contributed by atoms with E-state index in [-0.39, 0.29) is 11.3 Å². The first-order valence-corrected chi connectivity index (χ1v) is 10.8. The summed E-state index contributed by atoms with van der Waals surface area (Å²) >= 11 is 0. The van der Waals surface area contributed by atoms with Crippen LogP contribution in [-0.4, -0.2) is 21.8 Å². The number of anilines is 1. The Balaban J connectivity index is 1.77. The standard InChI is InChI=1S/C27H19F3N2O3/c1-15-7-2-3-10-18(15)23-22(24(33)20-14-31-21-12-5-4-11-19(20)21)25(34)26(35)32(23)17-9-6-8-16(13-17)27(28,29)30/h2-14,23,31,33H,1H3/b24-22+. The SMILES string of the molecule is Cc1ccccc1C1/C(=C(\O)c2c[nH]c3ccccc23)C(=O)C(=O)N1c1cccc(C(F)(F)F)c1. The smallest absolute Gasteiger partial charge is 0.416 e. The van der Waals surface area contributed by atoms with Crippen LogP contribution in [0.25, 0.3) is 16.7 Å². The predicted octanol–water partition coefficient (Wildman–Crippen LogP) is 6.12. The summed E-state index contributed by atoms with van der Waals surface area (Å²) in [5.74, 6) is -2.39. The van der Waals surface area contributed by atoms with Crippen LogP contribution in [-0.2, 0) is 15.8 Å². The Morgan fingerprint density at radius 3 is 2.43 bits per heavy atom. The maximum atomic E-state index is 13.4. The van der Waals surface area contributed by atoms with Crippen molar-refractivity contribution in [3.8, 4) is 0 Å². The number of hydrogen-bond donors (Lipinski definition) is 2. The first-order valence-electron chi connectivity index (χ1n) is 10.8. The molecule has 0 aliphatic carbocycles. The van der Waals surface area contributed by atoms with E-state index in [4.69, 9.17) is 0 Å². The van der Waals surface area contributed by atoms with Crippen LogP contribution in [0.4, 0.5) is 18.9 Å². The van der Waals surface area contributed by atoms with Crippen LogP contribution in [0.3, 0.4) is 0 Å². The topological polar surface area (TPSA) is 73.4 Å². The molecule has 1 fully saturated rings. The molecule has 1 unspecified atom stereocenters. The molecule has 1 amide bonds. The predicted molar refractivity (Wildman–Crippen MR) is 126 cm³/mol. The molecule has 8 heteroatoms. The Hall–Kier alpha value is -4.33. The number of aliphatic hydroxyl groups excluding tert-OH is 1. The lowest BCUT2D eigenvalue weighted by molar-refractivity contribution is -0.137. The molecule has 0 spiro atoms. The van der Waals surface area contributed by atoms with E-state index >= 15 is 0 Å². The van der Waals surface area contributed by atoms with Crippen LogP contribution in [0.15, 0.2) is 84.6 Å². The molecular formula is C27H19F3N2O3. The highest BCUT2D eigenvalue weighted by Crippen LogP contribution is 2.44. The van der Waals surface area contributed by atoms with Crippen molar-refractivity contribution in [2.24, 2.45) is 0 Å². The number of para-hydroxylation sites is 1. The van der Waals surface area contributed by atoms with E-state index in [1.165, 1.54) is 18.3 Å². The van der Waals surface area contributed by atoms with Gasteiger partial charge in [-0.2, -0.15) is 13.2 Å². The third kappa shape index (κ3) is 3.67. The molecule has 5 nitrogen and oxygen atoms in total. The van der Waals surface area contributed by atoms with E-state index in [2.05, 4.69) is 4.98 Å². The molecule has 35 heavy (non-hydrogen) atoms. The first kappa shape index (κ1) is 22.5. The van der Waals surface area contributed by atoms with Crippen molar-refractivity contribution in [3.63, 3.8) is 0 Å². The van der Waals surface area contributed by atoms with Crippen LogP contribution in [0.5, 0.6) is 0 Å². The molecule has 3 aromatic carbocycles. The minimum atomic E-state index is -4.63. The van der Waals surface area contributed by atoms with Gasteiger partial charge in [-0.25, -0.2) is 0 Å². The summed E-state index contributed by atoms with van der Waals surface area (Å²) in [4.78, 5) is 30.6. The van der Waals surface area contributed by atoms with Crippen molar-refractivity contribution in [2.45, 2.75) is 19.1 Å². The van der Waals surface area contributed by atoms with Gasteiger partial charge in [-0.05, 0) is 42.3 Å². The van der Waals surface area contributed by atoms with Crippen molar-refractivity contribution in [2.75, 3.05) is 4.90 Å². The van der Waals surface area contributed by atoms with Crippen molar-refractivity contribution < 1.29 is 27.9 Å². The number of halogens is 3. The van der Waals surface area contributed by atoms with E-state index in [9.17, 15) is 27.9 Å². The third-order valence-electron chi connectivity index (χ3n) is 6.22. The van der Waals surface area contributed by atoms with E-state index in [0.717, 1.165) is 17.0 Å². The van der Waals surface area contributed by atoms with Gasteiger partial charge in [0, 0.05) is 28.4 Å². The minimum Gasteiger partial charge on any atom is -0.507 e. The normalized spacial score (nSPS) is 17.9. The highest BCUT2D eigenvalue weighted by atomic mass is 19.4. The highest BCUT2D eigenvalue weighted by molar-refractivity contribution is 6.51. The molecule has 0 bridgehead atoms. The number of fused-ring (bicyclic) bond motifs is 1. The average Bonchev–Trinajstić information content (AvgIpc) is 3.38. The number of aromatic amines is 1. The zero-order valence-electron chi connectivity index (χ0n) is 18.4. The molecule has 4 aromatic rings. The van der Waals surface area contributed by atoms with Gasteiger partial charge in [0.1, 0.15) is 5.76 Å². The molecule has 1 atom stereocenters. The summed E-state index contributed by atoms with van der Waals surface area (Å²) in [5, 5.41) is 12.0. The lowest BCUT2D eigenvalue weighted by Crippen LogP contribution is -2.30. The summed E-state index contributed by atoms with van der Waals surface area (Å²) in [5.41, 5.74) is 1.04. The maximum Gasteiger partial charge on any atom is 0.416 e. The van der Waals surface area contributed by atoms with E-state index in [1.54, 1.807) is 49.4 Å². The number of Topliss-reactive ketones (excluding diaryl/α,β-unsaturated/α-hetero) is 1. The fraction of sp³-hybridized carbons (Fsp3) is 0.111. The molecular weight excluding hydrogens is 457 g/mol. The minimum absolute atomic E-state index is 0.0897. The number of benzene rings is 3. The zero-order chi connectivity index (χ0) is 24.9. The van der Waals surface area contributed by atoms with Gasteiger partial charge in [-0.3, -0.25) is 14.5 Å². The number of carbonyl (C=O) groups is 2. The second-order valence-electron chi connectivity index (χ2n) is 8.32. The quantitative estimate of drug-likeness (QED) is 0.213. The van der Waals surface area contributed by atoms with Gasteiger partial charge in [-0.1, -0.05) is 48.5 Å². The van der Waals surface area contributed by atoms with Gasteiger partial charge in [0.2, 0.25) is 0 Å². The summed E-state index contributed by atoms with van der Waals surface area (Å²) < 4.78 is 40.3. The number of aryl methyl sites for hydroxylation is 1. The van der Waals surface area contributed by atoms with Gasteiger partial charge in [0.25, 0.3) is 11.7 Å². The summed E-state index contributed by atoms with van der Waals surface area (Å²) in [7, 11) is 0. The van der Waals surface area contributed by atoms with Crippen LogP contribution < -0.4 is 4.90 Å². The lowest BCUT2D eigenvalue weighted by atomic mass is 9.92. The Morgan fingerprint density at radius 1 is 0.971 bits per heavy atom. The number of H-pyrrole nitrogens is 1. The summed E-state index contributed by atoms with van der Waals surface area (Å²) in [6.07, 6.45) is -3.10. The number of nitrogens with zero attached hydrogens (tertiary/aromatic N) is 1. The Kier molecular flexibility index (Phi) is 5.24. The number of aromatic nitrogens is 1. The lowest BCUT2D eigenvalue weighted by Gasteiger charge is -2.27. The summed E-state index contributed by atoms with van der Waals surface area (Å²) in [6.45, 7) is 1.77. The monoisotopic (exact) mass is 476 g/mol. The molecule has 2 heterocycles. The van der Waals surface area contributed by atoms with Crippen LogP contribution in [0, 0.1) is 6.92 Å². The van der Waals surface area contributed by atoms with Gasteiger partial charge in [0.15, 0.2) is 0 Å². The van der Waals surface area contributed by atoms with Gasteiger partial charge < -0.3 is 10.1 Å². The molecule has 176 valence electrons. The highest BCUT2D eigenvalue weighted by Gasteiger charge is 2.48. The molecule has 1 saturated heterocycles. The second kappa shape index (κ2) is 8.16. The van der Waals surface area contributed by atoms with Gasteiger partial charge in [-0.15, -0.1) is 0 Å². The van der Waals surface area contributed by atoms with Crippen molar-refractivity contribution in [1.29, 1.82) is 0 Å². The molecule has 1 aromatic heterocycles. The third-order valence-corrected chi connectivity index (χ3v) is 6.22. The van der Waals surface area contributed by atoms with Crippen molar-refractivity contribution >= 4 is 34.0 Å². The van der Waals surface area contributed by atoms with Gasteiger partial charge >= 0.3 is 6.18 Å². The molecule has 5 rings (SSSR count). The van der Waals surface area contributed by atoms with Crippen LogP contribution in [0.2, 0.25) is 0 Å². The molecule has 1 aliphatic rings. The Morgan fingerprint density at radius 2 is 1.69 bits per heavy atom. The molecule has 0 saturated carbocycles. The maximum absolute atomic E-state index is 13.4. The molecule has 0 radical (unpaired) electrons. The average molecular weight is 476 g/mol. The number of aliphatic hydroxyl groups is 1. The second-order valence-corrected chi connectivity index (χ2v) is 8.32. The van der Waals surface area contributed by atoms with E-state index < -0.39 is 35.2 Å². The number of hydrogen-bond acceptors (Lipinski definition) is 3. The number of ketones is 1. The number of nitrogens with one attached hydrogen (secondary N) is 1.